The molecule has 0 bridgehead atoms. The van der Waals surface area contributed by atoms with Crippen LogP contribution in [0.3, 0.4) is 0 Å². The number of piperidine rings is 1. The number of carbonyl (C=O) groups is 1. The Hall–Kier alpha value is -1.62. The molecule has 1 aliphatic carbocycles. The van der Waals surface area contributed by atoms with Crippen LogP contribution in [0.25, 0.3) is 0 Å². The van der Waals surface area contributed by atoms with Crippen LogP contribution in [-0.4, -0.2) is 31.7 Å². The molecule has 114 valence electrons. The highest BCUT2D eigenvalue weighted by Gasteiger charge is 2.27. The number of ether oxygens (including phenoxy) is 1. The molecule has 0 unspecified atom stereocenters. The number of halogens is 1. The monoisotopic (exact) mass is 292 g/mol. The van der Waals surface area contributed by atoms with Crippen molar-refractivity contribution < 1.29 is 13.9 Å². The summed E-state index contributed by atoms with van der Waals surface area (Å²) in [4.78, 5) is 13.5. The van der Waals surface area contributed by atoms with Crippen LogP contribution < -0.4 is 10.6 Å². The van der Waals surface area contributed by atoms with Crippen LogP contribution in [0.2, 0.25) is 0 Å². The van der Waals surface area contributed by atoms with E-state index in [-0.39, 0.29) is 11.7 Å². The molecule has 4 nitrogen and oxygen atoms in total. The van der Waals surface area contributed by atoms with Crippen LogP contribution in [-0.2, 0) is 4.74 Å². The van der Waals surface area contributed by atoms with E-state index in [2.05, 4.69) is 0 Å². The average Bonchev–Trinajstić information content (AvgIpc) is 3.29. The van der Waals surface area contributed by atoms with Crippen molar-refractivity contribution in [3.05, 3.63) is 29.6 Å². The summed E-state index contributed by atoms with van der Waals surface area (Å²) in [5.41, 5.74) is 5.90. The molecule has 0 aromatic heterocycles. The SMILES string of the molecule is NC(=O)c1c(F)cccc1N1CCC(OCC2CC2)CC1. The Kier molecular flexibility index (Phi) is 4.10. The lowest BCUT2D eigenvalue weighted by atomic mass is 10.0. The van der Waals surface area contributed by atoms with Crippen LogP contribution in [0.4, 0.5) is 10.1 Å². The van der Waals surface area contributed by atoms with Gasteiger partial charge < -0.3 is 15.4 Å². The Morgan fingerprint density at radius 2 is 2.00 bits per heavy atom. The van der Waals surface area contributed by atoms with E-state index in [0.717, 1.165) is 38.5 Å². The minimum absolute atomic E-state index is 0.00477. The van der Waals surface area contributed by atoms with Gasteiger partial charge in [0.25, 0.3) is 5.91 Å². The van der Waals surface area contributed by atoms with Crippen molar-refractivity contribution >= 4 is 11.6 Å². The van der Waals surface area contributed by atoms with Crippen LogP contribution in [0.5, 0.6) is 0 Å². The van der Waals surface area contributed by atoms with Gasteiger partial charge in [0.05, 0.1) is 17.4 Å². The van der Waals surface area contributed by atoms with E-state index in [1.165, 1.54) is 18.9 Å². The molecule has 3 rings (SSSR count). The first kappa shape index (κ1) is 14.3. The summed E-state index contributed by atoms with van der Waals surface area (Å²) in [6.07, 6.45) is 4.68. The van der Waals surface area contributed by atoms with Crippen LogP contribution in [0, 0.1) is 11.7 Å². The molecule has 1 aromatic carbocycles. The molecule has 5 heteroatoms. The Morgan fingerprint density at radius 1 is 1.29 bits per heavy atom. The summed E-state index contributed by atoms with van der Waals surface area (Å²) >= 11 is 0. The first-order chi connectivity index (χ1) is 10.1. The van der Waals surface area contributed by atoms with Crippen molar-refractivity contribution in [1.82, 2.24) is 0 Å². The molecule has 2 aliphatic rings. The maximum atomic E-state index is 13.8. The number of amides is 1. The van der Waals surface area contributed by atoms with Crippen LogP contribution in [0.15, 0.2) is 18.2 Å². The number of nitrogens with two attached hydrogens (primary N) is 1. The quantitative estimate of drug-likeness (QED) is 0.906. The molecule has 2 fully saturated rings. The van der Waals surface area contributed by atoms with Gasteiger partial charge in [0.2, 0.25) is 0 Å². The molecular formula is C16H21FN2O2. The number of hydrogen-bond acceptors (Lipinski definition) is 3. The van der Waals surface area contributed by atoms with Crippen LogP contribution >= 0.6 is 0 Å². The highest BCUT2D eigenvalue weighted by Crippen LogP contribution is 2.31. The smallest absolute Gasteiger partial charge is 0.253 e. The molecule has 0 radical (unpaired) electrons. The number of carbonyl (C=O) groups excluding carboxylic acids is 1. The predicted molar refractivity (Wildman–Crippen MR) is 78.8 cm³/mol. The Labute approximate surface area is 124 Å². The van der Waals surface area contributed by atoms with Gasteiger partial charge in [-0.25, -0.2) is 4.39 Å². The minimum Gasteiger partial charge on any atom is -0.378 e. The van der Waals surface area contributed by atoms with Gasteiger partial charge >= 0.3 is 0 Å². The molecule has 1 saturated carbocycles. The zero-order valence-electron chi connectivity index (χ0n) is 12.1. The number of primary amides is 1. The van der Waals surface area contributed by atoms with E-state index in [9.17, 15) is 9.18 Å². The van der Waals surface area contributed by atoms with Gasteiger partial charge in [-0.1, -0.05) is 6.07 Å². The summed E-state index contributed by atoms with van der Waals surface area (Å²) < 4.78 is 19.7. The predicted octanol–water partition coefficient (Wildman–Crippen LogP) is 2.32. The summed E-state index contributed by atoms with van der Waals surface area (Å²) in [6.45, 7) is 2.40. The molecule has 1 amide bonds. The highest BCUT2D eigenvalue weighted by atomic mass is 19.1. The summed E-state index contributed by atoms with van der Waals surface area (Å²) in [5.74, 6) is -0.491. The Morgan fingerprint density at radius 3 is 2.62 bits per heavy atom. The molecule has 2 N–H and O–H groups in total. The second kappa shape index (κ2) is 6.02. The topological polar surface area (TPSA) is 55.6 Å². The zero-order chi connectivity index (χ0) is 14.8. The lowest BCUT2D eigenvalue weighted by Gasteiger charge is -2.34. The van der Waals surface area contributed by atoms with Crippen molar-refractivity contribution in [3.63, 3.8) is 0 Å². The third-order valence-electron chi connectivity index (χ3n) is 4.29. The van der Waals surface area contributed by atoms with E-state index in [0.29, 0.717) is 5.69 Å². The van der Waals surface area contributed by atoms with E-state index < -0.39 is 11.7 Å². The molecule has 0 spiro atoms. The maximum absolute atomic E-state index is 13.8. The summed E-state index contributed by atoms with van der Waals surface area (Å²) in [6, 6.07) is 4.65. The number of benzene rings is 1. The Bertz CT molecular complexity index is 523. The van der Waals surface area contributed by atoms with E-state index in [1.807, 2.05) is 4.90 Å². The molecule has 0 atom stereocenters. The van der Waals surface area contributed by atoms with Gasteiger partial charge in [-0.15, -0.1) is 0 Å². The van der Waals surface area contributed by atoms with Gasteiger partial charge in [0.15, 0.2) is 0 Å². The van der Waals surface area contributed by atoms with E-state index in [1.54, 1.807) is 12.1 Å². The number of nitrogens with zero attached hydrogens (tertiary/aromatic N) is 1. The lowest BCUT2D eigenvalue weighted by molar-refractivity contribution is 0.0305. The third-order valence-corrected chi connectivity index (χ3v) is 4.29. The number of hydrogen-bond donors (Lipinski definition) is 1. The lowest BCUT2D eigenvalue weighted by Crippen LogP contribution is -2.38. The van der Waals surface area contributed by atoms with Gasteiger partial charge in [0, 0.05) is 19.7 Å². The standard InChI is InChI=1S/C16H21FN2O2/c17-13-2-1-3-14(15(13)16(18)20)19-8-6-12(7-9-19)21-10-11-4-5-11/h1-3,11-12H,4-10H2,(H2,18,20). The third kappa shape index (κ3) is 3.35. The van der Waals surface area contributed by atoms with Gasteiger partial charge in [0.1, 0.15) is 5.82 Å². The first-order valence-corrected chi connectivity index (χ1v) is 7.60. The Balaban J connectivity index is 1.63. The fourth-order valence-electron chi connectivity index (χ4n) is 2.84. The maximum Gasteiger partial charge on any atom is 0.253 e. The average molecular weight is 292 g/mol. The molecule has 21 heavy (non-hydrogen) atoms. The normalized spacial score (nSPS) is 19.8. The van der Waals surface area contributed by atoms with Crippen molar-refractivity contribution in [1.29, 1.82) is 0 Å². The van der Waals surface area contributed by atoms with Gasteiger partial charge in [-0.3, -0.25) is 4.79 Å². The second-order valence-electron chi connectivity index (χ2n) is 5.96. The van der Waals surface area contributed by atoms with Gasteiger partial charge in [-0.05, 0) is 43.7 Å². The highest BCUT2D eigenvalue weighted by molar-refractivity contribution is 5.99. The summed E-state index contributed by atoms with van der Waals surface area (Å²) in [5, 5.41) is 0. The van der Waals surface area contributed by atoms with E-state index in [4.69, 9.17) is 10.5 Å². The zero-order valence-corrected chi connectivity index (χ0v) is 12.1. The van der Waals surface area contributed by atoms with Gasteiger partial charge in [-0.2, -0.15) is 0 Å². The molecule has 1 heterocycles. The molecular weight excluding hydrogens is 271 g/mol. The van der Waals surface area contributed by atoms with E-state index >= 15 is 0 Å². The fraction of sp³-hybridized carbons (Fsp3) is 0.562. The van der Waals surface area contributed by atoms with Crippen LogP contribution in [0.1, 0.15) is 36.0 Å². The fourth-order valence-corrected chi connectivity index (χ4v) is 2.84. The molecule has 1 aromatic rings. The number of anilines is 1. The first-order valence-electron chi connectivity index (χ1n) is 7.60. The molecule has 1 saturated heterocycles. The number of rotatable bonds is 5. The second-order valence-corrected chi connectivity index (χ2v) is 5.96. The van der Waals surface area contributed by atoms with Crippen molar-refractivity contribution in [2.45, 2.75) is 31.8 Å². The minimum atomic E-state index is -0.713. The largest absolute Gasteiger partial charge is 0.378 e. The van der Waals surface area contributed by atoms with Crippen molar-refractivity contribution in [2.24, 2.45) is 11.7 Å². The summed E-state index contributed by atoms with van der Waals surface area (Å²) in [7, 11) is 0. The molecule has 1 aliphatic heterocycles. The van der Waals surface area contributed by atoms with Crippen molar-refractivity contribution in [3.8, 4) is 0 Å². The van der Waals surface area contributed by atoms with Crippen molar-refractivity contribution in [2.75, 3.05) is 24.6 Å².